The van der Waals surface area contributed by atoms with E-state index in [1.807, 2.05) is 0 Å². The number of esters is 3. The minimum Gasteiger partial charge on any atom is -0.462 e. The van der Waals surface area contributed by atoms with Gasteiger partial charge in [0.1, 0.15) is 13.2 Å². The van der Waals surface area contributed by atoms with E-state index < -0.39 is 6.10 Å². The van der Waals surface area contributed by atoms with Crippen LogP contribution < -0.4 is 0 Å². The van der Waals surface area contributed by atoms with Gasteiger partial charge in [0, 0.05) is 19.3 Å². The summed E-state index contributed by atoms with van der Waals surface area (Å²) >= 11 is 0. The normalized spacial score (nSPS) is 12.8. The molecule has 0 aromatic rings. The quantitative estimate of drug-likeness (QED) is 0.0262. The van der Waals surface area contributed by atoms with Gasteiger partial charge in [-0.2, -0.15) is 0 Å². The average molecular weight is 903 g/mol. The number of carbonyl (C=O) groups is 3. The molecule has 1 atom stereocenters. The standard InChI is InChI=1S/C59H98O6/c1-4-7-10-13-16-19-21-23-25-27-29-31-33-35-37-40-43-46-49-52-58(61)64-55-56(54-63-57(60)51-48-45-42-39-18-15-12-9-6-3)65-59(62)53-50-47-44-41-38-36-34-32-30-28-26-24-22-20-17-14-11-8-5-2/h7-12,16-20,23-26,39,56H,4-6,13-15,21-22,27-38,40-55H2,1-3H3/b10-7-,11-8-,12-9-,19-16-,20-17-,25-23-,26-24-,39-18-. The minimum absolute atomic E-state index is 0.0935. The smallest absolute Gasteiger partial charge is 0.306 e. The van der Waals surface area contributed by atoms with Gasteiger partial charge in [0.2, 0.25) is 0 Å². The van der Waals surface area contributed by atoms with E-state index >= 15 is 0 Å². The maximum atomic E-state index is 12.8. The van der Waals surface area contributed by atoms with E-state index in [2.05, 4.69) is 118 Å². The number of carbonyl (C=O) groups excluding carboxylic acids is 3. The summed E-state index contributed by atoms with van der Waals surface area (Å²) in [6.45, 7) is 6.25. The molecular formula is C59H98O6. The average Bonchev–Trinajstić information content (AvgIpc) is 3.30. The topological polar surface area (TPSA) is 78.9 Å². The third kappa shape index (κ3) is 51.2. The second-order valence-corrected chi connectivity index (χ2v) is 17.3. The molecule has 0 fully saturated rings. The fraction of sp³-hybridized carbons (Fsp3) is 0.678. The van der Waals surface area contributed by atoms with Gasteiger partial charge in [0.25, 0.3) is 0 Å². The van der Waals surface area contributed by atoms with Gasteiger partial charge >= 0.3 is 17.9 Å². The van der Waals surface area contributed by atoms with Gasteiger partial charge in [-0.05, 0) is 109 Å². The van der Waals surface area contributed by atoms with Crippen molar-refractivity contribution in [3.8, 4) is 0 Å². The van der Waals surface area contributed by atoms with Crippen LogP contribution in [-0.2, 0) is 28.6 Å². The first kappa shape index (κ1) is 61.3. The maximum Gasteiger partial charge on any atom is 0.306 e. The molecular weight excluding hydrogens is 805 g/mol. The van der Waals surface area contributed by atoms with Crippen LogP contribution in [0.15, 0.2) is 97.2 Å². The maximum absolute atomic E-state index is 12.8. The highest BCUT2D eigenvalue weighted by Gasteiger charge is 2.19. The third-order valence-corrected chi connectivity index (χ3v) is 11.1. The van der Waals surface area contributed by atoms with Gasteiger partial charge in [-0.1, -0.05) is 208 Å². The SMILES string of the molecule is CC/C=C\C/C=C\C/C=C\CCCCCCCCCCCC(=O)OCC(COC(=O)CCCC/C=C\C/C=C\CC)OC(=O)CCCCCCCCCCC/C=C\C/C=C\C/C=C\CC. The molecule has 0 aromatic carbocycles. The summed E-state index contributed by atoms with van der Waals surface area (Å²) in [5, 5.41) is 0. The van der Waals surface area contributed by atoms with Crippen molar-refractivity contribution in [2.45, 2.75) is 245 Å². The van der Waals surface area contributed by atoms with Crippen LogP contribution in [0.2, 0.25) is 0 Å². The molecule has 0 spiro atoms. The van der Waals surface area contributed by atoms with E-state index in [9.17, 15) is 14.4 Å². The van der Waals surface area contributed by atoms with Crippen LogP contribution in [0.1, 0.15) is 239 Å². The largest absolute Gasteiger partial charge is 0.462 e. The number of hydrogen-bond acceptors (Lipinski definition) is 6. The predicted octanol–water partition coefficient (Wildman–Crippen LogP) is 17.8. The molecule has 370 valence electrons. The van der Waals surface area contributed by atoms with Crippen LogP contribution >= 0.6 is 0 Å². The van der Waals surface area contributed by atoms with Crippen LogP contribution in [-0.4, -0.2) is 37.2 Å². The summed E-state index contributed by atoms with van der Waals surface area (Å²) in [5.41, 5.74) is 0. The zero-order valence-corrected chi connectivity index (χ0v) is 42.2. The zero-order valence-electron chi connectivity index (χ0n) is 42.2. The zero-order chi connectivity index (χ0) is 47.2. The van der Waals surface area contributed by atoms with Gasteiger partial charge in [0.15, 0.2) is 6.10 Å². The monoisotopic (exact) mass is 903 g/mol. The highest BCUT2D eigenvalue weighted by atomic mass is 16.6. The van der Waals surface area contributed by atoms with Crippen LogP contribution in [0.5, 0.6) is 0 Å². The molecule has 6 nitrogen and oxygen atoms in total. The molecule has 6 heteroatoms. The van der Waals surface area contributed by atoms with Crippen molar-refractivity contribution in [1.82, 2.24) is 0 Å². The fourth-order valence-electron chi connectivity index (χ4n) is 7.16. The van der Waals surface area contributed by atoms with E-state index in [1.165, 1.54) is 83.5 Å². The number of unbranched alkanes of at least 4 members (excludes halogenated alkanes) is 20. The van der Waals surface area contributed by atoms with Crippen molar-refractivity contribution < 1.29 is 28.6 Å². The van der Waals surface area contributed by atoms with Gasteiger partial charge < -0.3 is 14.2 Å². The molecule has 0 amide bonds. The lowest BCUT2D eigenvalue weighted by Crippen LogP contribution is -2.30. The Hall–Kier alpha value is -3.67. The molecule has 65 heavy (non-hydrogen) atoms. The van der Waals surface area contributed by atoms with Gasteiger partial charge in [-0.15, -0.1) is 0 Å². The van der Waals surface area contributed by atoms with Gasteiger partial charge in [-0.3, -0.25) is 14.4 Å². The van der Waals surface area contributed by atoms with Gasteiger partial charge in [0.05, 0.1) is 0 Å². The Labute approximate surface area is 400 Å². The molecule has 0 aliphatic rings. The summed E-state index contributed by atoms with van der Waals surface area (Å²) < 4.78 is 16.8. The van der Waals surface area contributed by atoms with Crippen molar-refractivity contribution in [2.24, 2.45) is 0 Å². The molecule has 0 N–H and O–H groups in total. The highest BCUT2D eigenvalue weighted by Crippen LogP contribution is 2.15. The Balaban J connectivity index is 4.33. The molecule has 0 heterocycles. The lowest BCUT2D eigenvalue weighted by Gasteiger charge is -2.18. The van der Waals surface area contributed by atoms with Crippen molar-refractivity contribution in [2.75, 3.05) is 13.2 Å². The fourth-order valence-corrected chi connectivity index (χ4v) is 7.16. The second kappa shape index (κ2) is 52.9. The molecule has 0 saturated carbocycles. The minimum atomic E-state index is -0.795. The number of hydrogen-bond donors (Lipinski definition) is 0. The van der Waals surface area contributed by atoms with Gasteiger partial charge in [-0.25, -0.2) is 0 Å². The molecule has 0 radical (unpaired) electrons. The van der Waals surface area contributed by atoms with Crippen molar-refractivity contribution in [3.05, 3.63) is 97.2 Å². The molecule has 0 aromatic heterocycles. The van der Waals surface area contributed by atoms with Crippen LogP contribution in [0.25, 0.3) is 0 Å². The van der Waals surface area contributed by atoms with E-state index in [1.54, 1.807) is 0 Å². The lowest BCUT2D eigenvalue weighted by molar-refractivity contribution is -0.167. The third-order valence-electron chi connectivity index (χ3n) is 11.1. The highest BCUT2D eigenvalue weighted by molar-refractivity contribution is 5.71. The first-order chi connectivity index (χ1) is 32.0. The Morgan fingerprint density at radius 3 is 0.892 bits per heavy atom. The molecule has 1 unspecified atom stereocenters. The first-order valence-corrected chi connectivity index (χ1v) is 26.7. The molecule has 0 saturated heterocycles. The van der Waals surface area contributed by atoms with E-state index in [0.29, 0.717) is 19.3 Å². The molecule has 0 aliphatic carbocycles. The number of rotatable bonds is 47. The molecule has 0 bridgehead atoms. The Bertz CT molecular complexity index is 1310. The van der Waals surface area contributed by atoms with Crippen LogP contribution in [0, 0.1) is 0 Å². The summed E-state index contributed by atoms with van der Waals surface area (Å²) in [6, 6.07) is 0. The first-order valence-electron chi connectivity index (χ1n) is 26.7. The Morgan fingerprint density at radius 2 is 0.554 bits per heavy atom. The molecule has 0 rings (SSSR count). The van der Waals surface area contributed by atoms with Crippen molar-refractivity contribution in [1.29, 1.82) is 0 Å². The Morgan fingerprint density at radius 1 is 0.308 bits per heavy atom. The van der Waals surface area contributed by atoms with E-state index in [0.717, 1.165) is 116 Å². The molecule has 0 aliphatic heterocycles. The lowest BCUT2D eigenvalue weighted by atomic mass is 10.1. The number of allylic oxidation sites excluding steroid dienone is 16. The van der Waals surface area contributed by atoms with E-state index in [-0.39, 0.29) is 31.1 Å². The summed E-state index contributed by atoms with van der Waals surface area (Å²) in [6.07, 6.45) is 69.8. The second-order valence-electron chi connectivity index (χ2n) is 17.3. The predicted molar refractivity (Wildman–Crippen MR) is 279 cm³/mol. The van der Waals surface area contributed by atoms with Crippen molar-refractivity contribution >= 4 is 17.9 Å². The summed E-state index contributed by atoms with van der Waals surface area (Å²) in [4.78, 5) is 38.0. The van der Waals surface area contributed by atoms with E-state index in [4.69, 9.17) is 14.2 Å². The Kier molecular flexibility index (Phi) is 50.0. The number of ether oxygens (including phenoxy) is 3. The summed E-state index contributed by atoms with van der Waals surface area (Å²) in [5.74, 6) is -0.944. The summed E-state index contributed by atoms with van der Waals surface area (Å²) in [7, 11) is 0. The van der Waals surface area contributed by atoms with Crippen molar-refractivity contribution in [3.63, 3.8) is 0 Å². The van der Waals surface area contributed by atoms with Crippen LogP contribution in [0.3, 0.4) is 0 Å². The van der Waals surface area contributed by atoms with Crippen LogP contribution in [0.4, 0.5) is 0 Å².